The number of hydrogen-bond donors (Lipinski definition) is 0. The Balaban J connectivity index is 1.34. The first kappa shape index (κ1) is 23.7. The van der Waals surface area contributed by atoms with Crippen molar-refractivity contribution < 1.29 is 23.8 Å². The fraction of sp³-hybridized carbons (Fsp3) is 0.259. The van der Waals surface area contributed by atoms with Gasteiger partial charge in [0.1, 0.15) is 6.61 Å². The number of thioether (sulfide) groups is 1. The predicted molar refractivity (Wildman–Crippen MR) is 133 cm³/mol. The van der Waals surface area contributed by atoms with Gasteiger partial charge in [0, 0.05) is 27.9 Å². The van der Waals surface area contributed by atoms with E-state index in [0.29, 0.717) is 18.7 Å². The number of nitrogens with zero attached hydrogens (tertiary/aromatic N) is 1. The summed E-state index contributed by atoms with van der Waals surface area (Å²) in [7, 11) is 0. The molecule has 4 rings (SSSR count). The average Bonchev–Trinajstić information content (AvgIpc) is 3.14. The van der Waals surface area contributed by atoms with Crippen molar-refractivity contribution in [2.75, 3.05) is 19.5 Å². The lowest BCUT2D eigenvalue weighted by Gasteiger charge is -2.27. The lowest BCUT2D eigenvalue weighted by atomic mass is 10.1. The van der Waals surface area contributed by atoms with Crippen molar-refractivity contribution in [2.24, 2.45) is 0 Å². The van der Waals surface area contributed by atoms with E-state index in [4.69, 9.17) is 14.2 Å². The van der Waals surface area contributed by atoms with Gasteiger partial charge in [-0.1, -0.05) is 24.3 Å². The van der Waals surface area contributed by atoms with Crippen molar-refractivity contribution in [3.63, 3.8) is 0 Å². The van der Waals surface area contributed by atoms with Crippen LogP contribution in [0.15, 0.2) is 65.6 Å². The third-order valence-corrected chi connectivity index (χ3v) is 6.44. The molecule has 0 bridgehead atoms. The van der Waals surface area contributed by atoms with E-state index in [0.717, 1.165) is 33.3 Å². The molecule has 2 heterocycles. The van der Waals surface area contributed by atoms with Crippen LogP contribution in [0.3, 0.4) is 0 Å². The Morgan fingerprint density at radius 2 is 1.85 bits per heavy atom. The summed E-state index contributed by atoms with van der Waals surface area (Å²) in [4.78, 5) is 26.0. The maximum absolute atomic E-state index is 12.8. The largest absolute Gasteiger partial charge is 0.486 e. The third-order valence-electron chi connectivity index (χ3n) is 5.70. The molecule has 1 aliphatic rings. The van der Waals surface area contributed by atoms with Crippen molar-refractivity contribution in [1.82, 2.24) is 4.57 Å². The molecule has 0 N–H and O–H groups in total. The molecule has 0 saturated carbocycles. The number of aryl methyl sites for hydroxylation is 1. The molecule has 0 radical (unpaired) electrons. The minimum Gasteiger partial charge on any atom is -0.486 e. The second-order valence-corrected chi connectivity index (χ2v) is 8.91. The SMILES string of the molecule is CSc1ccc(/C=C/C(=O)OCC(=O)c2cc(C)n(C[C@@H]3COc4ccccc4O3)c2C)cc1. The number of hydrogen-bond acceptors (Lipinski definition) is 6. The Hall–Kier alpha value is -3.45. The minimum atomic E-state index is -0.553. The van der Waals surface area contributed by atoms with E-state index in [1.807, 2.05) is 79.3 Å². The van der Waals surface area contributed by atoms with Crippen molar-refractivity contribution >= 4 is 29.6 Å². The minimum absolute atomic E-state index is 0.171. The highest BCUT2D eigenvalue weighted by molar-refractivity contribution is 7.98. The molecule has 1 atom stereocenters. The molecule has 3 aromatic rings. The van der Waals surface area contributed by atoms with Crippen molar-refractivity contribution in [2.45, 2.75) is 31.4 Å². The zero-order valence-corrected chi connectivity index (χ0v) is 20.3. The molecule has 1 aliphatic heterocycles. The molecule has 0 amide bonds. The number of para-hydroxylation sites is 2. The standard InChI is InChI=1S/C27H27NO5S/c1-18-14-23(19(2)28(18)15-21-16-31-25-6-4-5-7-26(25)33-21)24(29)17-32-27(30)13-10-20-8-11-22(34-3)12-9-20/h4-14,21H,15-17H2,1-3H3/b13-10+/t21-/m1/s1. The van der Waals surface area contributed by atoms with Gasteiger partial charge in [-0.3, -0.25) is 4.79 Å². The summed E-state index contributed by atoms with van der Waals surface area (Å²) in [6.07, 6.45) is 4.85. The summed E-state index contributed by atoms with van der Waals surface area (Å²) < 4.78 is 19.1. The third kappa shape index (κ3) is 5.54. The highest BCUT2D eigenvalue weighted by Crippen LogP contribution is 2.31. The lowest BCUT2D eigenvalue weighted by molar-refractivity contribution is -0.136. The molecule has 6 nitrogen and oxygen atoms in total. The first-order valence-electron chi connectivity index (χ1n) is 11.0. The molecule has 1 aromatic heterocycles. The van der Waals surface area contributed by atoms with Gasteiger partial charge in [-0.05, 0) is 62.1 Å². The number of fused-ring (bicyclic) bond motifs is 1. The zero-order valence-electron chi connectivity index (χ0n) is 19.4. The van der Waals surface area contributed by atoms with Crippen molar-refractivity contribution in [3.05, 3.63) is 83.2 Å². The number of carbonyl (C=O) groups excluding carboxylic acids is 2. The Morgan fingerprint density at radius 3 is 2.59 bits per heavy atom. The number of ether oxygens (including phenoxy) is 3. The van der Waals surface area contributed by atoms with Gasteiger partial charge in [0.2, 0.25) is 5.78 Å². The Labute approximate surface area is 203 Å². The maximum Gasteiger partial charge on any atom is 0.331 e. The number of rotatable bonds is 8. The monoisotopic (exact) mass is 477 g/mol. The fourth-order valence-corrected chi connectivity index (χ4v) is 4.27. The van der Waals surface area contributed by atoms with Gasteiger partial charge < -0.3 is 18.8 Å². The van der Waals surface area contributed by atoms with Crippen LogP contribution in [0.4, 0.5) is 0 Å². The van der Waals surface area contributed by atoms with Gasteiger partial charge >= 0.3 is 5.97 Å². The number of aromatic nitrogens is 1. The van der Waals surface area contributed by atoms with E-state index in [1.165, 1.54) is 6.08 Å². The summed E-state index contributed by atoms with van der Waals surface area (Å²) in [5, 5.41) is 0. The second kappa shape index (κ2) is 10.7. The van der Waals surface area contributed by atoms with E-state index in [2.05, 4.69) is 0 Å². The molecular weight excluding hydrogens is 450 g/mol. The first-order chi connectivity index (χ1) is 16.4. The topological polar surface area (TPSA) is 66.8 Å². The predicted octanol–water partition coefficient (Wildman–Crippen LogP) is 5.11. The van der Waals surface area contributed by atoms with Crippen LogP contribution >= 0.6 is 11.8 Å². The summed E-state index contributed by atoms with van der Waals surface area (Å²) >= 11 is 1.65. The van der Waals surface area contributed by atoms with Crippen LogP contribution in [0.1, 0.15) is 27.3 Å². The molecular formula is C27H27NO5S. The lowest BCUT2D eigenvalue weighted by Crippen LogP contribution is -2.33. The molecule has 0 unspecified atom stereocenters. The maximum atomic E-state index is 12.8. The molecule has 0 fully saturated rings. The summed E-state index contributed by atoms with van der Waals surface area (Å²) in [6.45, 7) is 4.50. The highest BCUT2D eigenvalue weighted by Gasteiger charge is 2.24. The second-order valence-electron chi connectivity index (χ2n) is 8.03. The first-order valence-corrected chi connectivity index (χ1v) is 12.2. The van der Waals surface area contributed by atoms with Gasteiger partial charge in [-0.15, -0.1) is 11.8 Å². The summed E-state index contributed by atoms with van der Waals surface area (Å²) in [6, 6.07) is 17.2. The molecule has 176 valence electrons. The summed E-state index contributed by atoms with van der Waals surface area (Å²) in [5.74, 6) is 0.667. The van der Waals surface area contributed by atoms with Gasteiger partial charge in [-0.2, -0.15) is 0 Å². The number of Topliss-reactive ketones (excluding diaryl/α,β-unsaturated/α-hetero) is 1. The zero-order chi connectivity index (χ0) is 24.1. The number of benzene rings is 2. The van der Waals surface area contributed by atoms with Crippen molar-refractivity contribution in [1.29, 1.82) is 0 Å². The van der Waals surface area contributed by atoms with Gasteiger partial charge in [0.05, 0.1) is 6.54 Å². The summed E-state index contributed by atoms with van der Waals surface area (Å²) in [5.41, 5.74) is 3.17. The average molecular weight is 478 g/mol. The van der Waals surface area contributed by atoms with Gasteiger partial charge in [-0.25, -0.2) is 4.79 Å². The van der Waals surface area contributed by atoms with Gasteiger partial charge in [0.25, 0.3) is 0 Å². The smallest absolute Gasteiger partial charge is 0.331 e. The molecule has 7 heteroatoms. The van der Waals surface area contributed by atoms with Crippen LogP contribution in [-0.4, -0.2) is 41.9 Å². The van der Waals surface area contributed by atoms with Crippen LogP contribution in [0.2, 0.25) is 0 Å². The van der Waals surface area contributed by atoms with E-state index < -0.39 is 5.97 Å². The van der Waals surface area contributed by atoms with Crippen molar-refractivity contribution in [3.8, 4) is 11.5 Å². The Kier molecular flexibility index (Phi) is 7.43. The molecule has 0 saturated heterocycles. The highest BCUT2D eigenvalue weighted by atomic mass is 32.2. The van der Waals surface area contributed by atoms with Gasteiger partial charge in [0.15, 0.2) is 24.2 Å². The Bertz CT molecular complexity index is 1210. The number of esters is 1. The van der Waals surface area contributed by atoms with Crippen LogP contribution < -0.4 is 9.47 Å². The van der Waals surface area contributed by atoms with E-state index >= 15 is 0 Å². The molecule has 34 heavy (non-hydrogen) atoms. The van der Waals surface area contributed by atoms with E-state index in [9.17, 15) is 9.59 Å². The van der Waals surface area contributed by atoms with Crippen LogP contribution in [0.5, 0.6) is 11.5 Å². The number of carbonyl (C=O) groups is 2. The van der Waals surface area contributed by atoms with E-state index in [-0.39, 0.29) is 18.5 Å². The van der Waals surface area contributed by atoms with Crippen LogP contribution in [-0.2, 0) is 16.1 Å². The fourth-order valence-electron chi connectivity index (χ4n) is 3.86. The van der Waals surface area contributed by atoms with Crippen LogP contribution in [0.25, 0.3) is 6.08 Å². The Morgan fingerprint density at radius 1 is 1.12 bits per heavy atom. The van der Waals surface area contributed by atoms with E-state index in [1.54, 1.807) is 17.8 Å². The molecule has 0 spiro atoms. The normalized spacial score (nSPS) is 14.9. The molecule has 0 aliphatic carbocycles. The number of ketones is 1. The quantitative estimate of drug-likeness (QED) is 0.195. The molecule has 2 aromatic carbocycles. The van der Waals surface area contributed by atoms with Crippen LogP contribution in [0, 0.1) is 13.8 Å².